The summed E-state index contributed by atoms with van der Waals surface area (Å²) in [7, 11) is 3.33. The molecule has 0 bridgehead atoms. The fraction of sp³-hybridized carbons (Fsp3) is 0.462. The van der Waals surface area contributed by atoms with Crippen molar-refractivity contribution in [3.05, 3.63) is 59.2 Å². The predicted octanol–water partition coefficient (Wildman–Crippen LogP) is 4.72. The van der Waals surface area contributed by atoms with Crippen LogP contribution in [-0.2, 0) is 19.8 Å². The first kappa shape index (κ1) is 25.8. The normalized spacial score (nSPS) is 18.7. The first-order valence-corrected chi connectivity index (χ1v) is 12.5. The summed E-state index contributed by atoms with van der Waals surface area (Å²) in [6.07, 6.45) is 1.64. The molecule has 0 N–H and O–H groups in total. The first-order chi connectivity index (χ1) is 18.1. The Balaban J connectivity index is 1.43. The Bertz CT molecular complexity index is 1330. The van der Waals surface area contributed by atoms with Crippen LogP contribution in [0.3, 0.4) is 0 Å². The molecule has 0 aromatic carbocycles. The van der Waals surface area contributed by atoms with Crippen LogP contribution in [0, 0.1) is 6.92 Å². The third-order valence-electron chi connectivity index (χ3n) is 7.37. The summed E-state index contributed by atoms with van der Waals surface area (Å²) in [4.78, 5) is 27.6. The molecule has 1 atom stereocenters. The Morgan fingerprint density at radius 1 is 1.13 bits per heavy atom. The van der Waals surface area contributed by atoms with Crippen LogP contribution in [0.15, 0.2) is 36.8 Å². The smallest absolute Gasteiger partial charge is 0.418 e. The second kappa shape index (κ2) is 9.80. The highest BCUT2D eigenvalue weighted by molar-refractivity contribution is 5.94. The van der Waals surface area contributed by atoms with E-state index in [-0.39, 0.29) is 30.4 Å². The van der Waals surface area contributed by atoms with Crippen molar-refractivity contribution in [2.24, 2.45) is 7.05 Å². The third kappa shape index (κ3) is 4.52. The highest BCUT2D eigenvalue weighted by atomic mass is 19.4. The average Bonchev–Trinajstić information content (AvgIpc) is 3.28. The number of amides is 2. The van der Waals surface area contributed by atoms with Crippen molar-refractivity contribution in [3.63, 3.8) is 0 Å². The summed E-state index contributed by atoms with van der Waals surface area (Å²) < 4.78 is 48.2. The van der Waals surface area contributed by atoms with Crippen LogP contribution < -0.4 is 14.5 Å². The molecule has 9 nitrogen and oxygen atoms in total. The SMILES string of the molecule is COc1nccc(C)c1N1CCC(N2C(=O)N(Cc3ncccc3C(F)(F)F)c3nn(C)cc3C2C)CC1. The van der Waals surface area contributed by atoms with Gasteiger partial charge in [-0.2, -0.15) is 18.3 Å². The maximum absolute atomic E-state index is 13.9. The molecule has 0 saturated carbocycles. The van der Waals surface area contributed by atoms with Crippen LogP contribution in [0.4, 0.5) is 29.5 Å². The number of aromatic nitrogens is 4. The second-order valence-corrected chi connectivity index (χ2v) is 9.73. The molecule has 5 heterocycles. The minimum atomic E-state index is -4.58. The van der Waals surface area contributed by atoms with E-state index in [4.69, 9.17) is 4.74 Å². The summed E-state index contributed by atoms with van der Waals surface area (Å²) in [5, 5.41) is 4.44. The molecule has 0 spiro atoms. The fourth-order valence-electron chi connectivity index (χ4n) is 5.56. The molecule has 202 valence electrons. The lowest BCUT2D eigenvalue weighted by atomic mass is 9.97. The molecule has 3 aromatic rings. The molecular weight excluding hydrogens is 499 g/mol. The minimum Gasteiger partial charge on any atom is -0.480 e. The average molecular weight is 530 g/mol. The number of fused-ring (bicyclic) bond motifs is 1. The van der Waals surface area contributed by atoms with Gasteiger partial charge < -0.3 is 14.5 Å². The third-order valence-corrected chi connectivity index (χ3v) is 7.37. The number of nitrogens with zero attached hydrogens (tertiary/aromatic N) is 7. The molecule has 2 aliphatic rings. The summed E-state index contributed by atoms with van der Waals surface area (Å²) in [6, 6.07) is 3.43. The van der Waals surface area contributed by atoms with Gasteiger partial charge >= 0.3 is 12.2 Å². The maximum atomic E-state index is 13.9. The summed E-state index contributed by atoms with van der Waals surface area (Å²) in [6.45, 7) is 4.99. The standard InChI is InChI=1S/C26H30F3N7O2/c1-16-7-11-31-24(38-4)22(16)34-12-8-18(9-13-34)36-17(2)19-14-33(3)32-23(19)35(25(36)37)15-21-20(26(27,28)29)6-5-10-30-21/h5-7,10-11,14,17-18H,8-9,12-13,15H2,1-4H3. The number of halogens is 3. The van der Waals surface area contributed by atoms with Crippen LogP contribution >= 0.6 is 0 Å². The van der Waals surface area contributed by atoms with Crippen LogP contribution in [0.2, 0.25) is 0 Å². The Morgan fingerprint density at radius 3 is 2.55 bits per heavy atom. The molecule has 1 fully saturated rings. The zero-order valence-electron chi connectivity index (χ0n) is 21.7. The zero-order chi connectivity index (χ0) is 27.2. The van der Waals surface area contributed by atoms with E-state index < -0.39 is 11.7 Å². The van der Waals surface area contributed by atoms with Gasteiger partial charge in [0.1, 0.15) is 5.69 Å². The molecule has 5 rings (SSSR count). The number of alkyl halides is 3. The van der Waals surface area contributed by atoms with Crippen molar-refractivity contribution in [3.8, 4) is 5.88 Å². The number of anilines is 2. The van der Waals surface area contributed by atoms with E-state index in [1.54, 1.807) is 29.9 Å². The lowest BCUT2D eigenvalue weighted by molar-refractivity contribution is -0.138. The highest BCUT2D eigenvalue weighted by Crippen LogP contribution is 2.41. The molecule has 1 saturated heterocycles. The Kier molecular flexibility index (Phi) is 6.66. The Labute approximate surface area is 218 Å². The molecule has 2 aliphatic heterocycles. The molecule has 38 heavy (non-hydrogen) atoms. The lowest BCUT2D eigenvalue weighted by Crippen LogP contribution is -2.55. The summed E-state index contributed by atoms with van der Waals surface area (Å²) in [5.41, 5.74) is 1.72. The summed E-state index contributed by atoms with van der Waals surface area (Å²) in [5.74, 6) is 0.932. The van der Waals surface area contributed by atoms with Crippen molar-refractivity contribution < 1.29 is 22.7 Å². The number of rotatable bonds is 5. The predicted molar refractivity (Wildman–Crippen MR) is 135 cm³/mol. The van der Waals surface area contributed by atoms with E-state index in [1.807, 2.05) is 26.1 Å². The number of hydrogen-bond acceptors (Lipinski definition) is 6. The van der Waals surface area contributed by atoms with Crippen LogP contribution in [0.1, 0.15) is 48.2 Å². The maximum Gasteiger partial charge on any atom is 0.418 e. The molecule has 0 aliphatic carbocycles. The number of carbonyl (C=O) groups excluding carboxylic acids is 1. The first-order valence-electron chi connectivity index (χ1n) is 12.5. The number of carbonyl (C=O) groups is 1. The molecule has 12 heteroatoms. The largest absolute Gasteiger partial charge is 0.480 e. The van der Waals surface area contributed by atoms with Crippen molar-refractivity contribution in [2.75, 3.05) is 30.0 Å². The molecule has 0 radical (unpaired) electrons. The quantitative estimate of drug-likeness (QED) is 0.476. The van der Waals surface area contributed by atoms with E-state index in [0.29, 0.717) is 37.6 Å². The van der Waals surface area contributed by atoms with Crippen LogP contribution in [0.5, 0.6) is 5.88 Å². The summed E-state index contributed by atoms with van der Waals surface area (Å²) >= 11 is 0. The van der Waals surface area contributed by atoms with E-state index in [1.165, 1.54) is 17.2 Å². The molecule has 1 unspecified atom stereocenters. The van der Waals surface area contributed by atoms with Gasteiger partial charge in [-0.15, -0.1) is 0 Å². The number of pyridine rings is 2. The van der Waals surface area contributed by atoms with Gasteiger partial charge in [0.15, 0.2) is 5.82 Å². The van der Waals surface area contributed by atoms with Gasteiger partial charge in [0.25, 0.3) is 0 Å². The van der Waals surface area contributed by atoms with Gasteiger partial charge in [-0.1, -0.05) is 0 Å². The monoisotopic (exact) mass is 529 g/mol. The Hall–Kier alpha value is -3.83. The fourth-order valence-corrected chi connectivity index (χ4v) is 5.56. The van der Waals surface area contributed by atoms with Gasteiger partial charge in [0.2, 0.25) is 5.88 Å². The van der Waals surface area contributed by atoms with Crippen LogP contribution in [-0.4, -0.2) is 56.9 Å². The van der Waals surface area contributed by atoms with E-state index >= 15 is 0 Å². The minimum absolute atomic E-state index is 0.0987. The van der Waals surface area contributed by atoms with Crippen molar-refractivity contribution in [2.45, 2.75) is 51.5 Å². The highest BCUT2D eigenvalue weighted by Gasteiger charge is 2.43. The number of piperidine rings is 1. The van der Waals surface area contributed by atoms with Gasteiger partial charge in [-0.05, 0) is 50.5 Å². The van der Waals surface area contributed by atoms with Crippen LogP contribution in [0.25, 0.3) is 0 Å². The van der Waals surface area contributed by atoms with Crippen molar-refractivity contribution in [1.82, 2.24) is 24.6 Å². The van der Waals surface area contributed by atoms with Crippen molar-refractivity contribution >= 4 is 17.5 Å². The number of urea groups is 1. The van der Waals surface area contributed by atoms with Gasteiger partial charge in [-0.25, -0.2) is 9.78 Å². The van der Waals surface area contributed by atoms with Gasteiger partial charge in [0, 0.05) is 50.3 Å². The zero-order valence-corrected chi connectivity index (χ0v) is 21.7. The molecule has 3 aromatic heterocycles. The Morgan fingerprint density at radius 2 is 1.87 bits per heavy atom. The van der Waals surface area contributed by atoms with E-state index in [2.05, 4.69) is 20.0 Å². The van der Waals surface area contributed by atoms with Gasteiger partial charge in [-0.3, -0.25) is 14.6 Å². The van der Waals surface area contributed by atoms with Crippen molar-refractivity contribution in [1.29, 1.82) is 0 Å². The number of ether oxygens (including phenoxy) is 1. The number of methoxy groups -OCH3 is 1. The second-order valence-electron chi connectivity index (χ2n) is 9.73. The van der Waals surface area contributed by atoms with E-state index in [9.17, 15) is 18.0 Å². The topological polar surface area (TPSA) is 79.6 Å². The number of hydrogen-bond donors (Lipinski definition) is 0. The lowest BCUT2D eigenvalue weighted by Gasteiger charge is -2.46. The number of aryl methyl sites for hydroxylation is 2. The van der Waals surface area contributed by atoms with Gasteiger partial charge in [0.05, 0.1) is 31.0 Å². The molecule has 2 amide bonds. The molecular formula is C26H30F3N7O2. The van der Waals surface area contributed by atoms with E-state index in [0.717, 1.165) is 22.9 Å².